The first-order valence-electron chi connectivity index (χ1n) is 11.9. The maximum atomic E-state index is 11.6. The van der Waals surface area contributed by atoms with Crippen molar-refractivity contribution < 1.29 is 24.2 Å². The van der Waals surface area contributed by atoms with Crippen LogP contribution in [-0.4, -0.2) is 65.1 Å². The molecule has 0 amide bonds. The molecule has 0 spiro atoms. The molecule has 0 radical (unpaired) electrons. The molecule has 1 saturated heterocycles. The number of aryl methyl sites for hydroxylation is 1. The zero-order valence-electron chi connectivity index (χ0n) is 19.8. The van der Waals surface area contributed by atoms with Gasteiger partial charge in [0.15, 0.2) is 5.60 Å². The number of oxime groups is 1. The predicted octanol–water partition coefficient (Wildman–Crippen LogP) is 3.79. The summed E-state index contributed by atoms with van der Waals surface area (Å²) in [5, 5.41) is 14.9. The molecule has 8 nitrogen and oxygen atoms in total. The van der Waals surface area contributed by atoms with Gasteiger partial charge in [0.2, 0.25) is 0 Å². The predicted molar refractivity (Wildman–Crippen MR) is 132 cm³/mol. The highest BCUT2D eigenvalue weighted by Gasteiger charge is 2.43. The molecule has 2 aliphatic heterocycles. The molecule has 1 atom stereocenters. The Labute approximate surface area is 204 Å². The summed E-state index contributed by atoms with van der Waals surface area (Å²) in [7, 11) is 0. The van der Waals surface area contributed by atoms with Gasteiger partial charge in [0, 0.05) is 42.7 Å². The van der Waals surface area contributed by atoms with Crippen LogP contribution in [0, 0.1) is 6.92 Å². The zero-order chi connectivity index (χ0) is 24.3. The number of rotatable bonds is 8. The average molecular weight is 476 g/mol. The molecule has 182 valence electrons. The number of para-hydroxylation sites is 1. The van der Waals surface area contributed by atoms with Crippen molar-refractivity contribution in [2.75, 3.05) is 32.8 Å². The van der Waals surface area contributed by atoms with Crippen molar-refractivity contribution in [1.29, 1.82) is 0 Å². The van der Waals surface area contributed by atoms with Crippen molar-refractivity contribution in [3.63, 3.8) is 0 Å². The van der Waals surface area contributed by atoms with Crippen LogP contribution in [-0.2, 0) is 21.0 Å². The van der Waals surface area contributed by atoms with E-state index in [1.165, 1.54) is 0 Å². The number of hydrogen-bond donors (Lipinski definition) is 1. The Morgan fingerprint density at radius 1 is 1.14 bits per heavy atom. The van der Waals surface area contributed by atoms with Gasteiger partial charge in [-0.25, -0.2) is 0 Å². The molecular weight excluding hydrogens is 446 g/mol. The van der Waals surface area contributed by atoms with E-state index in [1.807, 2.05) is 49.4 Å². The Hall–Kier alpha value is -3.49. The molecule has 1 unspecified atom stereocenters. The molecule has 1 fully saturated rings. The van der Waals surface area contributed by atoms with Crippen molar-refractivity contribution in [1.82, 2.24) is 9.88 Å². The number of benzene rings is 2. The summed E-state index contributed by atoms with van der Waals surface area (Å²) >= 11 is 0. The number of carboxylic acids is 1. The second kappa shape index (κ2) is 10.0. The molecule has 2 aromatic carbocycles. The summed E-state index contributed by atoms with van der Waals surface area (Å²) in [6, 6.07) is 17.8. The van der Waals surface area contributed by atoms with Crippen LogP contribution < -0.4 is 4.74 Å². The van der Waals surface area contributed by atoms with Gasteiger partial charge in [-0.15, -0.1) is 0 Å². The minimum atomic E-state index is -0.891. The molecular formula is C27H29N3O5. The highest BCUT2D eigenvalue weighted by molar-refractivity contribution is 6.02. The number of carbonyl (C=O) groups is 1. The Kier molecular flexibility index (Phi) is 6.66. The van der Waals surface area contributed by atoms with E-state index < -0.39 is 11.6 Å². The lowest BCUT2D eigenvalue weighted by molar-refractivity contribution is -0.146. The quantitative estimate of drug-likeness (QED) is 0.530. The maximum absolute atomic E-state index is 11.6. The van der Waals surface area contributed by atoms with Crippen molar-refractivity contribution in [3.8, 4) is 5.75 Å². The van der Waals surface area contributed by atoms with E-state index in [2.05, 4.69) is 27.2 Å². The van der Waals surface area contributed by atoms with Gasteiger partial charge in [0.1, 0.15) is 12.4 Å². The van der Waals surface area contributed by atoms with Gasteiger partial charge in [-0.05, 0) is 48.9 Å². The first kappa shape index (κ1) is 23.3. The Morgan fingerprint density at radius 3 is 2.69 bits per heavy atom. The van der Waals surface area contributed by atoms with Crippen molar-refractivity contribution in [2.45, 2.75) is 32.0 Å². The smallest absolute Gasteiger partial charge is 0.307 e. The first-order chi connectivity index (χ1) is 17.0. The second-order valence-electron chi connectivity index (χ2n) is 9.20. The van der Waals surface area contributed by atoms with Crippen LogP contribution >= 0.6 is 0 Å². The molecule has 0 saturated carbocycles. The number of aromatic nitrogens is 1. The van der Waals surface area contributed by atoms with E-state index in [9.17, 15) is 9.90 Å². The topological polar surface area (TPSA) is 93.5 Å². The Bertz CT molecular complexity index is 1240. The molecule has 8 heteroatoms. The van der Waals surface area contributed by atoms with E-state index >= 15 is 0 Å². The van der Waals surface area contributed by atoms with Gasteiger partial charge >= 0.3 is 5.97 Å². The largest absolute Gasteiger partial charge is 0.489 e. The van der Waals surface area contributed by atoms with E-state index in [0.29, 0.717) is 32.8 Å². The van der Waals surface area contributed by atoms with Crippen molar-refractivity contribution in [3.05, 3.63) is 71.4 Å². The Morgan fingerprint density at radius 2 is 1.91 bits per heavy atom. The van der Waals surface area contributed by atoms with E-state index in [4.69, 9.17) is 14.3 Å². The molecule has 5 rings (SSSR count). The summed E-state index contributed by atoms with van der Waals surface area (Å²) < 4.78 is 11.5. The third-order valence-electron chi connectivity index (χ3n) is 6.44. The number of hydrogen-bond acceptors (Lipinski definition) is 7. The van der Waals surface area contributed by atoms with Crippen molar-refractivity contribution in [2.24, 2.45) is 5.16 Å². The van der Waals surface area contributed by atoms with Crippen LogP contribution in [0.4, 0.5) is 0 Å². The number of pyridine rings is 1. The van der Waals surface area contributed by atoms with Gasteiger partial charge in [0.05, 0.1) is 30.9 Å². The lowest BCUT2D eigenvalue weighted by Crippen LogP contribution is -2.48. The van der Waals surface area contributed by atoms with Gasteiger partial charge in [0.25, 0.3) is 0 Å². The minimum Gasteiger partial charge on any atom is -0.489 e. The van der Waals surface area contributed by atoms with Gasteiger partial charge in [-0.3, -0.25) is 14.7 Å². The molecule has 2 aliphatic rings. The average Bonchev–Trinajstić information content (AvgIpc) is 3.26. The molecule has 1 aromatic heterocycles. The first-order valence-corrected chi connectivity index (χ1v) is 11.9. The molecule has 3 heterocycles. The highest BCUT2D eigenvalue weighted by Crippen LogP contribution is 2.32. The van der Waals surface area contributed by atoms with E-state index in [-0.39, 0.29) is 6.42 Å². The lowest BCUT2D eigenvalue weighted by atomic mass is 9.90. The third kappa shape index (κ3) is 5.44. The fraction of sp³-hybridized carbons (Fsp3) is 0.370. The fourth-order valence-corrected chi connectivity index (χ4v) is 4.77. The number of carboxylic acid groups (broad SMARTS) is 1. The number of nitrogens with zero attached hydrogens (tertiary/aromatic N) is 3. The van der Waals surface area contributed by atoms with Crippen LogP contribution in [0.2, 0.25) is 0 Å². The maximum Gasteiger partial charge on any atom is 0.307 e. The van der Waals surface area contributed by atoms with Crippen LogP contribution in [0.3, 0.4) is 0 Å². The Balaban J connectivity index is 1.25. The summed E-state index contributed by atoms with van der Waals surface area (Å²) in [4.78, 5) is 24.2. The number of morpholine rings is 1. The zero-order valence-corrected chi connectivity index (χ0v) is 19.8. The van der Waals surface area contributed by atoms with E-state index in [0.717, 1.165) is 52.3 Å². The lowest BCUT2D eigenvalue weighted by Gasteiger charge is -2.34. The van der Waals surface area contributed by atoms with Crippen molar-refractivity contribution >= 4 is 22.6 Å². The monoisotopic (exact) mass is 475 g/mol. The SMILES string of the molecule is Cc1cc(COc2ccc(C3=NOC(CC(=O)O)(CN4CCOCC4)C3)cc2)c2ccccc2n1. The summed E-state index contributed by atoms with van der Waals surface area (Å²) in [6.45, 7) is 5.75. The fourth-order valence-electron chi connectivity index (χ4n) is 4.77. The summed E-state index contributed by atoms with van der Waals surface area (Å²) in [5.74, 6) is -0.144. The minimum absolute atomic E-state index is 0.0993. The second-order valence-corrected chi connectivity index (χ2v) is 9.20. The molecule has 0 aliphatic carbocycles. The van der Waals surface area contributed by atoms with Gasteiger partial charge < -0.3 is 19.4 Å². The van der Waals surface area contributed by atoms with Crippen LogP contribution in [0.25, 0.3) is 10.9 Å². The van der Waals surface area contributed by atoms with Gasteiger partial charge in [-0.2, -0.15) is 0 Å². The number of fused-ring (bicyclic) bond motifs is 1. The molecule has 35 heavy (non-hydrogen) atoms. The standard InChI is InChI=1S/C27H29N3O5/c1-19-14-21(23-4-2-3-5-24(23)28-19)17-34-22-8-6-20(7-9-22)25-15-27(35-29-25,16-26(31)32)18-30-10-12-33-13-11-30/h2-9,14H,10-13,15-18H2,1H3,(H,31,32). The third-order valence-corrected chi connectivity index (χ3v) is 6.44. The summed E-state index contributed by atoms with van der Waals surface area (Å²) in [5.41, 5.74) is 3.79. The normalized spacial score (nSPS) is 20.4. The van der Waals surface area contributed by atoms with Crippen LogP contribution in [0.5, 0.6) is 5.75 Å². The highest BCUT2D eigenvalue weighted by atomic mass is 16.7. The molecule has 0 bridgehead atoms. The molecule has 1 N–H and O–H groups in total. The molecule has 3 aromatic rings. The van der Waals surface area contributed by atoms with Gasteiger partial charge in [-0.1, -0.05) is 23.4 Å². The van der Waals surface area contributed by atoms with E-state index in [1.54, 1.807) is 0 Å². The number of ether oxygens (including phenoxy) is 2. The van der Waals surface area contributed by atoms with Crippen LogP contribution in [0.15, 0.2) is 59.8 Å². The number of aliphatic carboxylic acids is 1. The van der Waals surface area contributed by atoms with Crippen LogP contribution in [0.1, 0.15) is 29.7 Å². The summed E-state index contributed by atoms with van der Waals surface area (Å²) in [6.07, 6.45) is 0.344.